The third-order valence-electron chi connectivity index (χ3n) is 5.04. The molecule has 1 amide bonds. The number of fused-ring (bicyclic) bond motifs is 1. The molecule has 0 aliphatic carbocycles. The van der Waals surface area contributed by atoms with Gasteiger partial charge in [0.15, 0.2) is 5.13 Å². The van der Waals surface area contributed by atoms with Crippen LogP contribution in [0.3, 0.4) is 0 Å². The van der Waals surface area contributed by atoms with Gasteiger partial charge in [-0.3, -0.25) is 4.79 Å². The number of nitrogens with zero attached hydrogens (tertiary/aromatic N) is 2. The minimum atomic E-state index is -0.0696. The standard InChI is InChI=1S/C19H23N3O3S/c1-24-12-6-7-15(25-2)13(10-12)14-11-16(23)20-18-17(14)26-19(21-18)22-8-4-3-5-9-22/h6-7,10,14H,3-5,8-9,11H2,1-2H3,(H,20,23). The summed E-state index contributed by atoms with van der Waals surface area (Å²) >= 11 is 1.68. The number of carbonyl (C=O) groups is 1. The van der Waals surface area contributed by atoms with Crippen LogP contribution in [0.1, 0.15) is 42.0 Å². The lowest BCUT2D eigenvalue weighted by Gasteiger charge is -2.25. The topological polar surface area (TPSA) is 63.7 Å². The number of amides is 1. The first-order valence-corrected chi connectivity index (χ1v) is 9.78. The van der Waals surface area contributed by atoms with E-state index in [0.717, 1.165) is 40.2 Å². The molecule has 1 unspecified atom stereocenters. The number of thiazole rings is 1. The van der Waals surface area contributed by atoms with Crippen molar-refractivity contribution in [2.24, 2.45) is 0 Å². The molecule has 1 saturated heterocycles. The number of carbonyl (C=O) groups excluding carboxylic acids is 1. The Balaban J connectivity index is 1.75. The Morgan fingerprint density at radius 1 is 1.19 bits per heavy atom. The molecule has 138 valence electrons. The normalized spacial score (nSPS) is 19.7. The summed E-state index contributed by atoms with van der Waals surface area (Å²) in [4.78, 5) is 20.5. The molecule has 0 saturated carbocycles. The number of aromatic nitrogens is 1. The summed E-state index contributed by atoms with van der Waals surface area (Å²) in [6, 6.07) is 5.73. The fourth-order valence-electron chi connectivity index (χ4n) is 3.69. The number of ether oxygens (including phenoxy) is 2. The number of benzene rings is 1. The van der Waals surface area contributed by atoms with Gasteiger partial charge in [0.1, 0.15) is 17.3 Å². The van der Waals surface area contributed by atoms with Crippen LogP contribution in [0.5, 0.6) is 11.5 Å². The molecule has 2 aliphatic heterocycles. The summed E-state index contributed by atoms with van der Waals surface area (Å²) < 4.78 is 10.9. The SMILES string of the molecule is COc1ccc(OC)c(C2CC(=O)Nc3nc(N4CCCCC4)sc32)c1. The molecule has 3 heterocycles. The summed E-state index contributed by atoms with van der Waals surface area (Å²) in [6.45, 7) is 2.07. The summed E-state index contributed by atoms with van der Waals surface area (Å²) in [7, 11) is 3.30. The minimum Gasteiger partial charge on any atom is -0.497 e. The summed E-state index contributed by atoms with van der Waals surface area (Å²) in [6.07, 6.45) is 4.06. The van der Waals surface area contributed by atoms with E-state index in [1.807, 2.05) is 18.2 Å². The van der Waals surface area contributed by atoms with E-state index in [-0.39, 0.29) is 11.8 Å². The van der Waals surface area contributed by atoms with Gasteiger partial charge in [0.05, 0.1) is 19.1 Å². The van der Waals surface area contributed by atoms with Crippen molar-refractivity contribution in [3.8, 4) is 11.5 Å². The molecule has 1 aromatic heterocycles. The van der Waals surface area contributed by atoms with Crippen LogP contribution in [-0.4, -0.2) is 38.2 Å². The van der Waals surface area contributed by atoms with Crippen molar-refractivity contribution in [3.05, 3.63) is 28.6 Å². The lowest BCUT2D eigenvalue weighted by Crippen LogP contribution is -2.29. The zero-order chi connectivity index (χ0) is 18.1. The second-order valence-electron chi connectivity index (χ2n) is 6.67. The first-order valence-electron chi connectivity index (χ1n) is 8.97. The number of piperidine rings is 1. The van der Waals surface area contributed by atoms with Crippen LogP contribution in [0.15, 0.2) is 18.2 Å². The van der Waals surface area contributed by atoms with Crippen LogP contribution in [0.2, 0.25) is 0 Å². The third-order valence-corrected chi connectivity index (χ3v) is 6.27. The lowest BCUT2D eigenvalue weighted by atomic mass is 9.90. The number of anilines is 2. The predicted octanol–water partition coefficient (Wildman–Crippen LogP) is 3.62. The van der Waals surface area contributed by atoms with Gasteiger partial charge in [0.2, 0.25) is 5.91 Å². The van der Waals surface area contributed by atoms with Crippen LogP contribution in [-0.2, 0) is 4.79 Å². The summed E-state index contributed by atoms with van der Waals surface area (Å²) in [5.74, 6) is 2.14. The van der Waals surface area contributed by atoms with Crippen molar-refractivity contribution < 1.29 is 14.3 Å². The zero-order valence-corrected chi connectivity index (χ0v) is 15.9. The number of rotatable bonds is 4. The fraction of sp³-hybridized carbons (Fsp3) is 0.474. The Labute approximate surface area is 157 Å². The number of methoxy groups -OCH3 is 2. The Morgan fingerprint density at radius 2 is 2.00 bits per heavy atom. The van der Waals surface area contributed by atoms with Crippen molar-refractivity contribution in [1.29, 1.82) is 0 Å². The van der Waals surface area contributed by atoms with E-state index in [9.17, 15) is 4.79 Å². The van der Waals surface area contributed by atoms with Crippen LogP contribution in [0, 0.1) is 0 Å². The monoisotopic (exact) mass is 373 g/mol. The van der Waals surface area contributed by atoms with Gasteiger partial charge < -0.3 is 19.7 Å². The smallest absolute Gasteiger partial charge is 0.226 e. The third kappa shape index (κ3) is 3.11. The highest BCUT2D eigenvalue weighted by atomic mass is 32.1. The molecule has 2 aromatic rings. The molecule has 6 nitrogen and oxygen atoms in total. The Kier molecular flexibility index (Phi) is 4.72. The molecule has 0 bridgehead atoms. The molecule has 1 fully saturated rings. The van der Waals surface area contributed by atoms with E-state index in [4.69, 9.17) is 14.5 Å². The molecular formula is C19H23N3O3S. The minimum absolute atomic E-state index is 0.0112. The van der Waals surface area contributed by atoms with E-state index < -0.39 is 0 Å². The number of hydrogen-bond donors (Lipinski definition) is 1. The maximum absolute atomic E-state index is 12.3. The maximum atomic E-state index is 12.3. The average Bonchev–Trinajstić information content (AvgIpc) is 3.11. The maximum Gasteiger partial charge on any atom is 0.226 e. The average molecular weight is 373 g/mol. The second kappa shape index (κ2) is 7.15. The van der Waals surface area contributed by atoms with Gasteiger partial charge >= 0.3 is 0 Å². The molecule has 2 aliphatic rings. The van der Waals surface area contributed by atoms with E-state index >= 15 is 0 Å². The van der Waals surface area contributed by atoms with Gasteiger partial charge in [0, 0.05) is 31.0 Å². The van der Waals surface area contributed by atoms with Gasteiger partial charge in [-0.25, -0.2) is 4.98 Å². The van der Waals surface area contributed by atoms with Crippen molar-refractivity contribution in [2.45, 2.75) is 31.6 Å². The van der Waals surface area contributed by atoms with Crippen molar-refractivity contribution >= 4 is 28.2 Å². The second-order valence-corrected chi connectivity index (χ2v) is 7.68. The number of hydrogen-bond acceptors (Lipinski definition) is 6. The molecule has 0 radical (unpaired) electrons. The number of nitrogens with one attached hydrogen (secondary N) is 1. The van der Waals surface area contributed by atoms with E-state index in [1.165, 1.54) is 19.3 Å². The molecule has 1 N–H and O–H groups in total. The van der Waals surface area contributed by atoms with Gasteiger partial charge in [-0.15, -0.1) is 0 Å². The fourth-order valence-corrected chi connectivity index (χ4v) is 4.88. The van der Waals surface area contributed by atoms with Gasteiger partial charge in [-0.05, 0) is 37.5 Å². The van der Waals surface area contributed by atoms with Crippen molar-refractivity contribution in [2.75, 3.05) is 37.5 Å². The molecule has 7 heteroatoms. The van der Waals surface area contributed by atoms with Gasteiger partial charge in [0.25, 0.3) is 0 Å². The molecule has 1 aromatic carbocycles. The molecule has 1 atom stereocenters. The Morgan fingerprint density at radius 3 is 2.73 bits per heavy atom. The van der Waals surface area contributed by atoms with E-state index in [0.29, 0.717) is 12.2 Å². The van der Waals surface area contributed by atoms with E-state index in [2.05, 4.69) is 10.2 Å². The lowest BCUT2D eigenvalue weighted by molar-refractivity contribution is -0.116. The zero-order valence-electron chi connectivity index (χ0n) is 15.1. The predicted molar refractivity (Wildman–Crippen MR) is 103 cm³/mol. The quantitative estimate of drug-likeness (QED) is 0.887. The molecule has 26 heavy (non-hydrogen) atoms. The van der Waals surface area contributed by atoms with Crippen LogP contribution >= 0.6 is 11.3 Å². The van der Waals surface area contributed by atoms with Crippen molar-refractivity contribution in [1.82, 2.24) is 4.98 Å². The largest absolute Gasteiger partial charge is 0.497 e. The summed E-state index contributed by atoms with van der Waals surface area (Å²) in [5, 5.41) is 3.95. The van der Waals surface area contributed by atoms with Gasteiger partial charge in [-0.2, -0.15) is 0 Å². The van der Waals surface area contributed by atoms with Crippen molar-refractivity contribution in [3.63, 3.8) is 0 Å². The van der Waals surface area contributed by atoms with Crippen LogP contribution < -0.4 is 19.7 Å². The molecule has 4 rings (SSSR count). The highest BCUT2D eigenvalue weighted by Gasteiger charge is 2.33. The highest BCUT2D eigenvalue weighted by molar-refractivity contribution is 7.16. The molecule has 0 spiro atoms. The first-order chi connectivity index (χ1) is 12.7. The van der Waals surface area contributed by atoms with Crippen LogP contribution in [0.4, 0.5) is 10.9 Å². The van der Waals surface area contributed by atoms with Gasteiger partial charge in [-0.1, -0.05) is 11.3 Å². The van der Waals surface area contributed by atoms with Crippen LogP contribution in [0.25, 0.3) is 0 Å². The molecular weight excluding hydrogens is 350 g/mol. The van der Waals surface area contributed by atoms with E-state index in [1.54, 1.807) is 25.6 Å². The Bertz CT molecular complexity index is 814. The first kappa shape index (κ1) is 17.1. The highest BCUT2D eigenvalue weighted by Crippen LogP contribution is 2.46. The Hall–Kier alpha value is -2.28. The summed E-state index contributed by atoms with van der Waals surface area (Å²) in [5.41, 5.74) is 0.969.